The maximum absolute atomic E-state index is 13.0. The predicted octanol–water partition coefficient (Wildman–Crippen LogP) is 2.81. The molecule has 4 rings (SSSR count). The van der Waals surface area contributed by atoms with Crippen LogP contribution in [0, 0.1) is 13.8 Å². The highest BCUT2D eigenvalue weighted by Gasteiger charge is 2.32. The van der Waals surface area contributed by atoms with Crippen molar-refractivity contribution in [2.75, 3.05) is 44.7 Å². The average Bonchev–Trinajstić information content (AvgIpc) is 3.31. The lowest BCUT2D eigenvalue weighted by Crippen LogP contribution is -2.44. The summed E-state index contributed by atoms with van der Waals surface area (Å²) < 4.78 is 0. The van der Waals surface area contributed by atoms with E-state index in [1.807, 2.05) is 17.2 Å². The van der Waals surface area contributed by atoms with Crippen LogP contribution in [0.25, 0.3) is 0 Å². The van der Waals surface area contributed by atoms with E-state index in [-0.39, 0.29) is 11.9 Å². The minimum absolute atomic E-state index is 0.0818. The Bertz CT molecular complexity index is 843. The van der Waals surface area contributed by atoms with E-state index < -0.39 is 0 Å². The molecule has 0 saturated carbocycles. The standard InChI is InChI=1S/C21H29N5OS/c1-15-11-18(25-9-7-24(3)8-10-25)13-19(22-15)20-5-4-6-26(20)21(27)12-17-14-28-16(2)23-17/h11,13-14,20H,4-10,12H2,1-3H3/t20-/m0/s1. The van der Waals surface area contributed by atoms with Gasteiger partial charge in [0.2, 0.25) is 5.91 Å². The number of hydrogen-bond acceptors (Lipinski definition) is 6. The first-order valence-corrected chi connectivity index (χ1v) is 11.0. The van der Waals surface area contributed by atoms with Crippen molar-refractivity contribution < 1.29 is 4.79 Å². The van der Waals surface area contributed by atoms with Crippen molar-refractivity contribution in [1.29, 1.82) is 0 Å². The second kappa shape index (κ2) is 8.17. The van der Waals surface area contributed by atoms with Gasteiger partial charge in [-0.2, -0.15) is 0 Å². The number of amides is 1. The summed E-state index contributed by atoms with van der Waals surface area (Å²) >= 11 is 1.60. The minimum Gasteiger partial charge on any atom is -0.369 e. The van der Waals surface area contributed by atoms with Gasteiger partial charge in [0, 0.05) is 49.5 Å². The number of aryl methyl sites for hydroxylation is 2. The number of thiazole rings is 1. The first-order chi connectivity index (χ1) is 13.5. The molecule has 2 aliphatic heterocycles. The largest absolute Gasteiger partial charge is 0.369 e. The lowest BCUT2D eigenvalue weighted by atomic mass is 10.1. The third-order valence-electron chi connectivity index (χ3n) is 5.74. The summed E-state index contributed by atoms with van der Waals surface area (Å²) in [6.45, 7) is 9.09. The number of likely N-dealkylation sites (tertiary alicyclic amines) is 1. The molecule has 4 heterocycles. The van der Waals surface area contributed by atoms with Gasteiger partial charge in [-0.15, -0.1) is 11.3 Å². The van der Waals surface area contributed by atoms with Gasteiger partial charge in [-0.05, 0) is 45.9 Å². The summed E-state index contributed by atoms with van der Waals surface area (Å²) in [6, 6.07) is 4.47. The maximum Gasteiger partial charge on any atom is 0.229 e. The number of likely N-dealkylation sites (N-methyl/N-ethyl adjacent to an activating group) is 1. The molecule has 28 heavy (non-hydrogen) atoms. The van der Waals surface area contributed by atoms with E-state index in [4.69, 9.17) is 4.98 Å². The normalized spacial score (nSPS) is 20.8. The molecule has 0 unspecified atom stereocenters. The van der Waals surface area contributed by atoms with Crippen LogP contribution in [-0.4, -0.2) is 65.4 Å². The van der Waals surface area contributed by atoms with Gasteiger partial charge in [0.05, 0.1) is 28.9 Å². The van der Waals surface area contributed by atoms with Crippen molar-refractivity contribution in [2.24, 2.45) is 0 Å². The Hall–Kier alpha value is -1.99. The summed E-state index contributed by atoms with van der Waals surface area (Å²) in [7, 11) is 2.17. The van der Waals surface area contributed by atoms with Crippen molar-refractivity contribution in [3.8, 4) is 0 Å². The first-order valence-electron chi connectivity index (χ1n) is 10.1. The number of nitrogens with zero attached hydrogens (tertiary/aromatic N) is 5. The highest BCUT2D eigenvalue weighted by molar-refractivity contribution is 7.09. The lowest BCUT2D eigenvalue weighted by Gasteiger charge is -2.34. The molecule has 2 aliphatic rings. The number of carbonyl (C=O) groups is 1. The Morgan fingerprint density at radius 3 is 2.64 bits per heavy atom. The zero-order chi connectivity index (χ0) is 19.7. The Morgan fingerprint density at radius 1 is 1.14 bits per heavy atom. The van der Waals surface area contributed by atoms with Crippen molar-refractivity contribution in [3.63, 3.8) is 0 Å². The van der Waals surface area contributed by atoms with Gasteiger partial charge < -0.3 is 14.7 Å². The molecule has 0 N–H and O–H groups in total. The van der Waals surface area contributed by atoms with Crippen LogP contribution in [0.1, 0.15) is 41.0 Å². The molecule has 2 fully saturated rings. The minimum atomic E-state index is 0.0818. The van der Waals surface area contributed by atoms with Gasteiger partial charge in [-0.1, -0.05) is 0 Å². The quantitative estimate of drug-likeness (QED) is 0.791. The molecule has 1 amide bonds. The summed E-state index contributed by atoms with van der Waals surface area (Å²) in [4.78, 5) is 29.1. The molecule has 0 bridgehead atoms. The van der Waals surface area contributed by atoms with Gasteiger partial charge in [0.15, 0.2) is 0 Å². The molecule has 2 saturated heterocycles. The van der Waals surface area contributed by atoms with Gasteiger partial charge >= 0.3 is 0 Å². The van der Waals surface area contributed by atoms with Gasteiger partial charge in [-0.3, -0.25) is 9.78 Å². The fourth-order valence-electron chi connectivity index (χ4n) is 4.21. The number of rotatable bonds is 4. The Balaban J connectivity index is 1.52. The molecule has 0 radical (unpaired) electrons. The molecule has 0 aliphatic carbocycles. The summed E-state index contributed by atoms with van der Waals surface area (Å²) in [5.41, 5.74) is 4.19. The zero-order valence-corrected chi connectivity index (χ0v) is 17.8. The number of carbonyl (C=O) groups excluding carboxylic acids is 1. The number of anilines is 1. The highest BCUT2D eigenvalue weighted by Crippen LogP contribution is 2.33. The Kier molecular flexibility index (Phi) is 5.64. The molecule has 6 nitrogen and oxygen atoms in total. The molecular formula is C21H29N5OS. The van der Waals surface area contributed by atoms with E-state index in [2.05, 4.69) is 40.9 Å². The third kappa shape index (κ3) is 4.20. The maximum atomic E-state index is 13.0. The van der Waals surface area contributed by atoms with Gasteiger partial charge in [0.25, 0.3) is 0 Å². The molecule has 7 heteroatoms. The second-order valence-electron chi connectivity index (χ2n) is 7.96. The number of pyridine rings is 1. The smallest absolute Gasteiger partial charge is 0.229 e. The summed E-state index contributed by atoms with van der Waals surface area (Å²) in [5.74, 6) is 0.164. The van der Waals surface area contributed by atoms with Gasteiger partial charge in [0.1, 0.15) is 0 Å². The van der Waals surface area contributed by atoms with Crippen molar-refractivity contribution >= 4 is 22.9 Å². The van der Waals surface area contributed by atoms with E-state index in [1.54, 1.807) is 11.3 Å². The van der Waals surface area contributed by atoms with E-state index in [0.717, 1.165) is 67.7 Å². The second-order valence-corrected chi connectivity index (χ2v) is 9.02. The SMILES string of the molecule is Cc1cc(N2CCN(C)CC2)cc([C@@H]2CCCN2C(=O)Cc2csc(C)n2)n1. The topological polar surface area (TPSA) is 52.6 Å². The van der Waals surface area contributed by atoms with Crippen molar-refractivity contribution in [3.05, 3.63) is 39.6 Å². The van der Waals surface area contributed by atoms with Crippen LogP contribution in [0.3, 0.4) is 0 Å². The molecule has 0 aromatic carbocycles. The fraction of sp³-hybridized carbons (Fsp3) is 0.571. The third-order valence-corrected chi connectivity index (χ3v) is 6.56. The van der Waals surface area contributed by atoms with Crippen LogP contribution in [0.4, 0.5) is 5.69 Å². The average molecular weight is 400 g/mol. The monoisotopic (exact) mass is 399 g/mol. The van der Waals surface area contributed by atoms with Crippen LogP contribution in [0.15, 0.2) is 17.5 Å². The summed E-state index contributed by atoms with van der Waals surface area (Å²) in [5, 5.41) is 3.01. The molecule has 2 aromatic heterocycles. The van der Waals surface area contributed by atoms with Crippen LogP contribution < -0.4 is 4.90 Å². The molecule has 0 spiro atoms. The van der Waals surface area contributed by atoms with Crippen LogP contribution >= 0.6 is 11.3 Å². The van der Waals surface area contributed by atoms with Crippen LogP contribution in [-0.2, 0) is 11.2 Å². The van der Waals surface area contributed by atoms with E-state index in [1.165, 1.54) is 5.69 Å². The summed E-state index contributed by atoms with van der Waals surface area (Å²) in [6.07, 6.45) is 2.41. The molecule has 150 valence electrons. The van der Waals surface area contributed by atoms with E-state index in [9.17, 15) is 4.79 Å². The number of aromatic nitrogens is 2. The molecular weight excluding hydrogens is 370 g/mol. The molecule has 1 atom stereocenters. The number of piperazine rings is 1. The Labute approximate surface area is 171 Å². The Morgan fingerprint density at radius 2 is 1.93 bits per heavy atom. The van der Waals surface area contributed by atoms with Crippen molar-refractivity contribution in [2.45, 2.75) is 39.2 Å². The van der Waals surface area contributed by atoms with Crippen LogP contribution in [0.5, 0.6) is 0 Å². The predicted molar refractivity (Wildman–Crippen MR) is 113 cm³/mol. The fourth-order valence-corrected chi connectivity index (χ4v) is 4.82. The van der Waals surface area contributed by atoms with Crippen LogP contribution in [0.2, 0.25) is 0 Å². The van der Waals surface area contributed by atoms with Gasteiger partial charge in [-0.25, -0.2) is 4.98 Å². The zero-order valence-electron chi connectivity index (χ0n) is 17.0. The highest BCUT2D eigenvalue weighted by atomic mass is 32.1. The first kappa shape index (κ1) is 19.3. The lowest BCUT2D eigenvalue weighted by molar-refractivity contribution is -0.131. The van der Waals surface area contributed by atoms with E-state index in [0.29, 0.717) is 6.42 Å². The molecule has 2 aromatic rings. The van der Waals surface area contributed by atoms with Crippen molar-refractivity contribution in [1.82, 2.24) is 19.8 Å². The van der Waals surface area contributed by atoms with E-state index >= 15 is 0 Å². The number of hydrogen-bond donors (Lipinski definition) is 0.